The summed E-state index contributed by atoms with van der Waals surface area (Å²) in [5.74, 6) is 0.433. The van der Waals surface area contributed by atoms with Gasteiger partial charge in [-0.1, -0.05) is 103 Å². The smallest absolute Gasteiger partial charge is 0.411 e. The van der Waals surface area contributed by atoms with Crippen LogP contribution < -0.4 is 20.7 Å². The van der Waals surface area contributed by atoms with Crippen molar-refractivity contribution in [1.29, 1.82) is 0 Å². The van der Waals surface area contributed by atoms with Gasteiger partial charge in [0, 0.05) is 47.0 Å². The number of amides is 3. The van der Waals surface area contributed by atoms with Crippen LogP contribution in [-0.4, -0.2) is 36.3 Å². The Bertz CT molecular complexity index is 2560. The zero-order valence-corrected chi connectivity index (χ0v) is 32.9. The fraction of sp³-hybridized carbons (Fsp3) is 0.204. The van der Waals surface area contributed by atoms with Crippen LogP contribution in [0.3, 0.4) is 0 Å². The lowest BCUT2D eigenvalue weighted by Gasteiger charge is -2.37. The predicted octanol–water partition coefficient (Wildman–Crippen LogP) is 10.0. The average Bonchev–Trinajstić information content (AvgIpc) is 3.76. The Morgan fingerprint density at radius 2 is 1.29 bits per heavy atom. The molecule has 2 atom stereocenters. The second-order valence-electron chi connectivity index (χ2n) is 16.0. The van der Waals surface area contributed by atoms with Gasteiger partial charge < -0.3 is 29.6 Å². The molecule has 9 rings (SSSR count). The number of nitrogens with one attached hydrogen (secondary N) is 3. The van der Waals surface area contributed by atoms with Crippen molar-refractivity contribution in [2.45, 2.75) is 57.0 Å². The lowest BCUT2D eigenvalue weighted by Crippen LogP contribution is -2.47. The van der Waals surface area contributed by atoms with Gasteiger partial charge in [-0.3, -0.25) is 10.1 Å². The van der Waals surface area contributed by atoms with Crippen LogP contribution in [0.2, 0.25) is 0 Å². The lowest BCUT2D eigenvalue weighted by molar-refractivity contribution is -0.118. The standard InChI is InChI=1S/C49H43N3O7/c1-48(2,3)59-47(55)52-42(25-30-13-5-4-6-14-30)45(53)50-32-21-23-40-43(26-32)58-44-27-33(22-24-41(44)49(40)39-20-12-7-15-31(39)28-57-49)51-46(54)56-29-38-36-18-10-8-16-34(36)35-17-9-11-19-37(35)38/h4-24,26-27,38,42H,25,28-29H2,1-3H3,(H,50,53)(H,51,54)(H,52,55). The second-order valence-corrected chi connectivity index (χ2v) is 16.0. The third-order valence-corrected chi connectivity index (χ3v) is 10.9. The number of fused-ring (bicyclic) bond motifs is 9. The Morgan fingerprint density at radius 3 is 1.95 bits per heavy atom. The van der Waals surface area contributed by atoms with Crippen molar-refractivity contribution in [3.8, 4) is 22.6 Å². The number of rotatable bonds is 8. The summed E-state index contributed by atoms with van der Waals surface area (Å²) in [6, 6.07) is 43.9. The molecule has 10 heteroatoms. The number of ether oxygens (including phenoxy) is 4. The number of benzene rings is 6. The van der Waals surface area contributed by atoms with E-state index in [0.29, 0.717) is 29.5 Å². The van der Waals surface area contributed by atoms with Crippen LogP contribution in [-0.2, 0) is 37.6 Å². The van der Waals surface area contributed by atoms with Crippen LogP contribution in [0.5, 0.6) is 11.5 Å². The summed E-state index contributed by atoms with van der Waals surface area (Å²) in [5.41, 5.74) is 8.17. The van der Waals surface area contributed by atoms with Crippen molar-refractivity contribution in [2.24, 2.45) is 0 Å². The van der Waals surface area contributed by atoms with E-state index in [9.17, 15) is 14.4 Å². The zero-order valence-electron chi connectivity index (χ0n) is 32.9. The monoisotopic (exact) mass is 785 g/mol. The molecule has 3 N–H and O–H groups in total. The second kappa shape index (κ2) is 15.1. The Morgan fingerprint density at radius 1 is 0.695 bits per heavy atom. The van der Waals surface area contributed by atoms with Crippen molar-refractivity contribution in [2.75, 3.05) is 17.2 Å². The first-order chi connectivity index (χ1) is 28.6. The van der Waals surface area contributed by atoms with Crippen LogP contribution >= 0.6 is 0 Å². The molecule has 0 bridgehead atoms. The summed E-state index contributed by atoms with van der Waals surface area (Å²) < 4.78 is 24.7. The molecule has 3 amide bonds. The molecule has 6 aromatic carbocycles. The third kappa shape index (κ3) is 7.28. The van der Waals surface area contributed by atoms with Crippen LogP contribution in [0.15, 0.2) is 140 Å². The first-order valence-corrected chi connectivity index (χ1v) is 19.7. The quantitative estimate of drug-likeness (QED) is 0.140. The van der Waals surface area contributed by atoms with Gasteiger partial charge in [-0.2, -0.15) is 0 Å². The molecule has 10 nitrogen and oxygen atoms in total. The molecule has 2 aliphatic heterocycles. The van der Waals surface area contributed by atoms with Crippen LogP contribution in [0.4, 0.5) is 21.0 Å². The number of alkyl carbamates (subject to hydrolysis) is 1. The number of hydrogen-bond acceptors (Lipinski definition) is 7. The lowest BCUT2D eigenvalue weighted by atomic mass is 9.77. The normalized spacial score (nSPS) is 16.3. The molecule has 2 unspecified atom stereocenters. The Kier molecular flexibility index (Phi) is 9.65. The van der Waals surface area contributed by atoms with Crippen molar-refractivity contribution < 1.29 is 33.3 Å². The van der Waals surface area contributed by atoms with E-state index < -0.39 is 35.3 Å². The molecule has 1 aliphatic carbocycles. The van der Waals surface area contributed by atoms with Crippen LogP contribution in [0, 0.1) is 0 Å². The number of carbonyl (C=O) groups is 3. The maximum Gasteiger partial charge on any atom is 0.411 e. The van der Waals surface area contributed by atoms with Gasteiger partial charge in [0.05, 0.1) is 6.61 Å². The Labute approximate surface area is 342 Å². The third-order valence-electron chi connectivity index (χ3n) is 10.9. The van der Waals surface area contributed by atoms with Crippen molar-refractivity contribution in [3.05, 3.63) is 178 Å². The van der Waals surface area contributed by atoms with Crippen molar-refractivity contribution in [1.82, 2.24) is 5.32 Å². The number of carbonyl (C=O) groups excluding carboxylic acids is 3. The van der Waals surface area contributed by atoms with Gasteiger partial charge in [0.2, 0.25) is 5.91 Å². The van der Waals surface area contributed by atoms with E-state index in [1.165, 1.54) is 0 Å². The van der Waals surface area contributed by atoms with E-state index in [1.54, 1.807) is 39.0 Å². The van der Waals surface area contributed by atoms with E-state index in [-0.39, 0.29) is 18.9 Å². The van der Waals surface area contributed by atoms with Crippen molar-refractivity contribution >= 4 is 29.5 Å². The highest BCUT2D eigenvalue weighted by atomic mass is 16.6. The van der Waals surface area contributed by atoms with Gasteiger partial charge >= 0.3 is 12.2 Å². The van der Waals surface area contributed by atoms with E-state index in [4.69, 9.17) is 18.9 Å². The number of anilines is 2. The summed E-state index contributed by atoms with van der Waals surface area (Å²) in [4.78, 5) is 40.1. The molecule has 3 aliphatic rings. The fourth-order valence-corrected chi connectivity index (χ4v) is 8.40. The molecule has 6 aromatic rings. The van der Waals surface area contributed by atoms with E-state index in [1.807, 2.05) is 91.0 Å². The molecule has 1 spiro atoms. The van der Waals surface area contributed by atoms with E-state index >= 15 is 0 Å². The summed E-state index contributed by atoms with van der Waals surface area (Å²) >= 11 is 0. The molecule has 0 aromatic heterocycles. The Hall–Kier alpha value is -6.91. The SMILES string of the molecule is CC(C)(C)OC(=O)NC(Cc1ccccc1)C(=O)Nc1ccc2c(c1)Oc1cc(NC(=O)OCC3c4ccccc4-c4ccccc43)ccc1C21OCc2ccccc21. The zero-order chi connectivity index (χ0) is 40.7. The summed E-state index contributed by atoms with van der Waals surface area (Å²) in [6.45, 7) is 5.86. The summed E-state index contributed by atoms with van der Waals surface area (Å²) in [5, 5.41) is 8.64. The van der Waals surface area contributed by atoms with Crippen LogP contribution in [0.25, 0.3) is 11.1 Å². The largest absolute Gasteiger partial charge is 0.456 e. The minimum absolute atomic E-state index is 0.0765. The average molecular weight is 786 g/mol. The molecule has 0 saturated heterocycles. The molecule has 2 heterocycles. The predicted molar refractivity (Wildman–Crippen MR) is 225 cm³/mol. The molecular formula is C49H43N3O7. The van der Waals surface area contributed by atoms with Crippen LogP contribution in [0.1, 0.15) is 65.6 Å². The van der Waals surface area contributed by atoms with Crippen molar-refractivity contribution in [3.63, 3.8) is 0 Å². The van der Waals surface area contributed by atoms with Gasteiger partial charge in [-0.25, -0.2) is 9.59 Å². The minimum atomic E-state index is -1.02. The maximum absolute atomic E-state index is 13.9. The van der Waals surface area contributed by atoms with Gasteiger partial charge in [0.15, 0.2) is 5.60 Å². The van der Waals surface area contributed by atoms with Gasteiger partial charge in [0.25, 0.3) is 0 Å². The topological polar surface area (TPSA) is 124 Å². The molecule has 59 heavy (non-hydrogen) atoms. The Balaban J connectivity index is 0.978. The summed E-state index contributed by atoms with van der Waals surface area (Å²) in [6.07, 6.45) is -1.04. The van der Waals surface area contributed by atoms with E-state index in [0.717, 1.165) is 50.1 Å². The van der Waals surface area contributed by atoms with Gasteiger partial charge in [-0.15, -0.1) is 0 Å². The maximum atomic E-state index is 13.9. The minimum Gasteiger partial charge on any atom is -0.456 e. The van der Waals surface area contributed by atoms with E-state index in [2.05, 4.69) is 46.3 Å². The van der Waals surface area contributed by atoms with Gasteiger partial charge in [-0.05, 0) is 84.0 Å². The number of hydrogen-bond donors (Lipinski definition) is 3. The fourth-order valence-electron chi connectivity index (χ4n) is 8.40. The highest BCUT2D eigenvalue weighted by Gasteiger charge is 2.49. The molecule has 0 saturated carbocycles. The molecule has 0 fully saturated rings. The molecular weight excluding hydrogens is 743 g/mol. The molecule has 296 valence electrons. The first-order valence-electron chi connectivity index (χ1n) is 19.7. The highest BCUT2D eigenvalue weighted by Crippen LogP contribution is 2.57. The van der Waals surface area contributed by atoms with Gasteiger partial charge in [0.1, 0.15) is 29.7 Å². The molecule has 0 radical (unpaired) electrons. The summed E-state index contributed by atoms with van der Waals surface area (Å²) in [7, 11) is 0. The first kappa shape index (κ1) is 37.7. The highest BCUT2D eigenvalue weighted by molar-refractivity contribution is 5.97.